The van der Waals surface area contributed by atoms with Crippen molar-refractivity contribution in [2.45, 2.75) is 46.1 Å². The Balaban J connectivity index is 2.32. The van der Waals surface area contributed by atoms with E-state index in [9.17, 15) is 9.59 Å². The molecular weight excluding hydrogens is 246 g/mol. The summed E-state index contributed by atoms with van der Waals surface area (Å²) >= 11 is 0. The molecule has 19 heavy (non-hydrogen) atoms. The second-order valence-electron chi connectivity index (χ2n) is 4.58. The van der Waals surface area contributed by atoms with Crippen LogP contribution < -0.4 is 10.6 Å². The summed E-state index contributed by atoms with van der Waals surface area (Å²) in [7, 11) is 0. The number of aromatic nitrogens is 3. The van der Waals surface area contributed by atoms with Gasteiger partial charge in [0.15, 0.2) is 0 Å². The summed E-state index contributed by atoms with van der Waals surface area (Å²) in [5.74, 6) is 0.367. The number of amides is 2. The van der Waals surface area contributed by atoms with Gasteiger partial charge in [0.05, 0.1) is 0 Å². The molecule has 1 rings (SSSR count). The van der Waals surface area contributed by atoms with Gasteiger partial charge in [0.2, 0.25) is 11.7 Å². The summed E-state index contributed by atoms with van der Waals surface area (Å²) in [6, 6.07) is 0.104. The van der Waals surface area contributed by atoms with Gasteiger partial charge in [-0.1, -0.05) is 6.92 Å². The van der Waals surface area contributed by atoms with Gasteiger partial charge in [-0.3, -0.25) is 14.7 Å². The number of aryl methyl sites for hydroxylation is 1. The summed E-state index contributed by atoms with van der Waals surface area (Å²) in [6.45, 7) is 6.07. The lowest BCUT2D eigenvalue weighted by Crippen LogP contribution is -2.34. The van der Waals surface area contributed by atoms with Crippen molar-refractivity contribution < 1.29 is 9.59 Å². The normalized spacial score (nSPS) is 10.5. The van der Waals surface area contributed by atoms with Crippen molar-refractivity contribution in [3.8, 4) is 0 Å². The number of H-pyrrole nitrogens is 1. The Labute approximate surface area is 112 Å². The third kappa shape index (κ3) is 5.50. The smallest absolute Gasteiger partial charge is 0.290 e. The van der Waals surface area contributed by atoms with Crippen molar-refractivity contribution in [2.24, 2.45) is 0 Å². The summed E-state index contributed by atoms with van der Waals surface area (Å²) in [6.07, 6.45) is 1.94. The molecule has 0 saturated carbocycles. The SMILES string of the molecule is CCCc1nc(C(=O)NCCC(=O)NC(C)C)n[nH]1. The van der Waals surface area contributed by atoms with Crippen LogP contribution in [-0.2, 0) is 11.2 Å². The first-order chi connectivity index (χ1) is 9.02. The van der Waals surface area contributed by atoms with E-state index in [2.05, 4.69) is 25.8 Å². The molecule has 0 saturated heterocycles. The molecular formula is C12H21N5O2. The lowest BCUT2D eigenvalue weighted by Gasteiger charge is -2.08. The minimum atomic E-state index is -0.365. The Morgan fingerprint density at radius 2 is 2.11 bits per heavy atom. The highest BCUT2D eigenvalue weighted by Gasteiger charge is 2.12. The molecule has 0 fully saturated rings. The number of rotatable bonds is 7. The zero-order chi connectivity index (χ0) is 14.3. The first-order valence-electron chi connectivity index (χ1n) is 6.51. The molecule has 0 aliphatic carbocycles. The van der Waals surface area contributed by atoms with E-state index in [1.165, 1.54) is 0 Å². The van der Waals surface area contributed by atoms with Gasteiger partial charge in [-0.15, -0.1) is 5.10 Å². The van der Waals surface area contributed by atoms with Gasteiger partial charge in [-0.05, 0) is 20.3 Å². The zero-order valence-corrected chi connectivity index (χ0v) is 11.6. The van der Waals surface area contributed by atoms with E-state index < -0.39 is 0 Å². The van der Waals surface area contributed by atoms with E-state index in [0.29, 0.717) is 5.82 Å². The Bertz CT molecular complexity index is 428. The van der Waals surface area contributed by atoms with E-state index in [0.717, 1.165) is 12.8 Å². The van der Waals surface area contributed by atoms with Crippen LogP contribution in [0.4, 0.5) is 0 Å². The van der Waals surface area contributed by atoms with Gasteiger partial charge in [-0.2, -0.15) is 0 Å². The molecule has 1 heterocycles. The number of hydrogen-bond donors (Lipinski definition) is 3. The van der Waals surface area contributed by atoms with Gasteiger partial charge >= 0.3 is 0 Å². The molecule has 0 radical (unpaired) electrons. The first-order valence-corrected chi connectivity index (χ1v) is 6.51. The molecule has 2 amide bonds. The maximum absolute atomic E-state index is 11.7. The Morgan fingerprint density at radius 3 is 2.74 bits per heavy atom. The van der Waals surface area contributed by atoms with Gasteiger partial charge < -0.3 is 10.6 Å². The predicted octanol–water partition coefficient (Wildman–Crippen LogP) is 0.402. The fourth-order valence-electron chi connectivity index (χ4n) is 1.51. The van der Waals surface area contributed by atoms with Crippen LogP contribution in [0.3, 0.4) is 0 Å². The highest BCUT2D eigenvalue weighted by atomic mass is 16.2. The second kappa shape index (κ2) is 7.50. The van der Waals surface area contributed by atoms with Crippen LogP contribution in [0.2, 0.25) is 0 Å². The van der Waals surface area contributed by atoms with E-state index in [-0.39, 0.29) is 36.6 Å². The van der Waals surface area contributed by atoms with E-state index in [1.807, 2.05) is 20.8 Å². The molecule has 1 aromatic rings. The average molecular weight is 267 g/mol. The molecule has 7 heteroatoms. The Morgan fingerprint density at radius 1 is 1.37 bits per heavy atom. The molecule has 1 aromatic heterocycles. The molecule has 3 N–H and O–H groups in total. The standard InChI is InChI=1S/C12H21N5O2/c1-4-5-9-15-11(17-16-9)12(19)13-7-6-10(18)14-8(2)3/h8H,4-7H2,1-3H3,(H,13,19)(H,14,18)(H,15,16,17). The largest absolute Gasteiger partial charge is 0.354 e. The van der Waals surface area contributed by atoms with Crippen LogP contribution in [0.25, 0.3) is 0 Å². The van der Waals surface area contributed by atoms with Crippen LogP contribution in [0, 0.1) is 0 Å². The van der Waals surface area contributed by atoms with E-state index in [4.69, 9.17) is 0 Å². The molecule has 0 atom stereocenters. The third-order valence-electron chi connectivity index (χ3n) is 2.31. The third-order valence-corrected chi connectivity index (χ3v) is 2.31. The Hall–Kier alpha value is -1.92. The molecule has 0 aliphatic heterocycles. The highest BCUT2D eigenvalue weighted by molar-refractivity contribution is 5.90. The van der Waals surface area contributed by atoms with Crippen LogP contribution >= 0.6 is 0 Å². The van der Waals surface area contributed by atoms with Crippen LogP contribution in [0.5, 0.6) is 0 Å². The highest BCUT2D eigenvalue weighted by Crippen LogP contribution is 1.96. The summed E-state index contributed by atoms with van der Waals surface area (Å²) in [4.78, 5) is 27.1. The lowest BCUT2D eigenvalue weighted by atomic mass is 10.3. The molecule has 0 bridgehead atoms. The summed E-state index contributed by atoms with van der Waals surface area (Å²) < 4.78 is 0. The minimum Gasteiger partial charge on any atom is -0.354 e. The van der Waals surface area contributed by atoms with Crippen LogP contribution in [0.15, 0.2) is 0 Å². The molecule has 0 spiro atoms. The zero-order valence-electron chi connectivity index (χ0n) is 11.6. The van der Waals surface area contributed by atoms with Crippen molar-refractivity contribution in [3.05, 3.63) is 11.6 Å². The van der Waals surface area contributed by atoms with Crippen LogP contribution in [-0.4, -0.2) is 39.6 Å². The van der Waals surface area contributed by atoms with Gasteiger partial charge in [0.25, 0.3) is 5.91 Å². The first kappa shape index (κ1) is 15.1. The summed E-state index contributed by atoms with van der Waals surface area (Å²) in [5, 5.41) is 11.9. The van der Waals surface area contributed by atoms with Crippen molar-refractivity contribution in [1.29, 1.82) is 0 Å². The van der Waals surface area contributed by atoms with E-state index >= 15 is 0 Å². The average Bonchev–Trinajstić information content (AvgIpc) is 2.77. The Kier molecular flexibility index (Phi) is 5.98. The number of nitrogens with one attached hydrogen (secondary N) is 3. The topological polar surface area (TPSA) is 99.8 Å². The number of hydrogen-bond acceptors (Lipinski definition) is 4. The quantitative estimate of drug-likeness (QED) is 0.666. The predicted molar refractivity (Wildman–Crippen MR) is 70.6 cm³/mol. The van der Waals surface area contributed by atoms with Gasteiger partial charge in [0, 0.05) is 25.4 Å². The maximum Gasteiger partial charge on any atom is 0.290 e. The van der Waals surface area contributed by atoms with Crippen molar-refractivity contribution in [3.63, 3.8) is 0 Å². The van der Waals surface area contributed by atoms with Crippen LogP contribution in [0.1, 0.15) is 50.1 Å². The fraction of sp³-hybridized carbons (Fsp3) is 0.667. The fourth-order valence-corrected chi connectivity index (χ4v) is 1.51. The number of aromatic amines is 1. The van der Waals surface area contributed by atoms with Crippen molar-refractivity contribution >= 4 is 11.8 Å². The molecule has 106 valence electrons. The maximum atomic E-state index is 11.7. The van der Waals surface area contributed by atoms with Crippen molar-refractivity contribution in [2.75, 3.05) is 6.54 Å². The number of carbonyl (C=O) groups excluding carboxylic acids is 2. The molecule has 0 unspecified atom stereocenters. The number of nitrogens with zero attached hydrogens (tertiary/aromatic N) is 2. The van der Waals surface area contributed by atoms with Gasteiger partial charge in [0.1, 0.15) is 5.82 Å². The van der Waals surface area contributed by atoms with Crippen molar-refractivity contribution in [1.82, 2.24) is 25.8 Å². The van der Waals surface area contributed by atoms with Gasteiger partial charge in [-0.25, -0.2) is 4.98 Å². The molecule has 0 aromatic carbocycles. The monoisotopic (exact) mass is 267 g/mol. The van der Waals surface area contributed by atoms with E-state index in [1.54, 1.807) is 0 Å². The molecule has 7 nitrogen and oxygen atoms in total. The lowest BCUT2D eigenvalue weighted by molar-refractivity contribution is -0.121. The summed E-state index contributed by atoms with van der Waals surface area (Å²) in [5.41, 5.74) is 0. The minimum absolute atomic E-state index is 0.0861. The molecule has 0 aliphatic rings. The number of carbonyl (C=O) groups is 2. The second-order valence-corrected chi connectivity index (χ2v) is 4.58.